The molecule has 0 spiro atoms. The highest BCUT2D eigenvalue weighted by atomic mass is 19.4. The molecule has 33 heavy (non-hydrogen) atoms. The molecule has 1 fully saturated rings. The van der Waals surface area contributed by atoms with Gasteiger partial charge in [0.15, 0.2) is 0 Å². The monoisotopic (exact) mass is 469 g/mol. The number of hydrogen-bond acceptors (Lipinski definition) is 5. The van der Waals surface area contributed by atoms with Gasteiger partial charge in [0.2, 0.25) is 5.91 Å². The molecule has 10 heteroatoms. The molecule has 182 valence electrons. The number of carbonyl (C=O) groups is 2. The Labute approximate surface area is 190 Å². The van der Waals surface area contributed by atoms with E-state index in [1.54, 1.807) is 6.92 Å². The second kappa shape index (κ2) is 10.4. The number of oxime groups is 1. The summed E-state index contributed by atoms with van der Waals surface area (Å²) in [5, 5.41) is 23.4. The van der Waals surface area contributed by atoms with Crippen LogP contribution in [0.25, 0.3) is 0 Å². The molecular formula is C23H30F3N3O4. The molecule has 0 radical (unpaired) electrons. The molecule has 0 bridgehead atoms. The van der Waals surface area contributed by atoms with Crippen molar-refractivity contribution in [1.82, 2.24) is 4.90 Å². The van der Waals surface area contributed by atoms with Crippen LogP contribution < -0.4 is 4.90 Å². The van der Waals surface area contributed by atoms with E-state index >= 15 is 0 Å². The number of carbonyl (C=O) groups excluding carboxylic acids is 2. The second-order valence-electron chi connectivity index (χ2n) is 8.80. The summed E-state index contributed by atoms with van der Waals surface area (Å²) >= 11 is 0. The highest BCUT2D eigenvalue weighted by molar-refractivity contribution is 6.05. The lowest BCUT2D eigenvalue weighted by atomic mass is 9.90. The van der Waals surface area contributed by atoms with E-state index in [0.717, 1.165) is 32.4 Å². The Bertz CT molecular complexity index is 909. The number of anilines is 1. The van der Waals surface area contributed by atoms with Crippen LogP contribution in [0.1, 0.15) is 63.0 Å². The van der Waals surface area contributed by atoms with Crippen LogP contribution in [-0.2, 0) is 16.0 Å². The Balaban J connectivity index is 1.73. The van der Waals surface area contributed by atoms with Crippen LogP contribution >= 0.6 is 0 Å². The van der Waals surface area contributed by atoms with Crippen molar-refractivity contribution in [2.24, 2.45) is 11.1 Å². The maximum absolute atomic E-state index is 13.2. The Morgan fingerprint density at radius 3 is 2.45 bits per heavy atom. The van der Waals surface area contributed by atoms with Crippen LogP contribution in [0.5, 0.6) is 5.75 Å². The average molecular weight is 470 g/mol. The predicted octanol–water partition coefficient (Wildman–Crippen LogP) is 4.23. The van der Waals surface area contributed by atoms with Crippen molar-refractivity contribution in [2.75, 3.05) is 24.5 Å². The van der Waals surface area contributed by atoms with Crippen molar-refractivity contribution in [3.05, 3.63) is 23.3 Å². The summed E-state index contributed by atoms with van der Waals surface area (Å²) in [4.78, 5) is 26.0. The average Bonchev–Trinajstić information content (AvgIpc) is 2.97. The first-order chi connectivity index (χ1) is 15.6. The highest BCUT2D eigenvalue weighted by Gasteiger charge is 2.44. The number of aryl methyl sites for hydroxylation is 1. The number of hydrogen-bond donors (Lipinski definition) is 2. The number of nitrogens with zero attached hydrogens (tertiary/aromatic N) is 3. The Morgan fingerprint density at radius 2 is 1.85 bits per heavy atom. The molecule has 0 unspecified atom stereocenters. The van der Waals surface area contributed by atoms with E-state index in [1.807, 2.05) is 4.90 Å². The molecule has 0 aliphatic carbocycles. The van der Waals surface area contributed by atoms with Crippen LogP contribution in [0, 0.1) is 5.92 Å². The van der Waals surface area contributed by atoms with Gasteiger partial charge < -0.3 is 20.1 Å². The summed E-state index contributed by atoms with van der Waals surface area (Å²) < 4.78 is 39.5. The summed E-state index contributed by atoms with van der Waals surface area (Å²) in [6, 6.07) is 2.70. The van der Waals surface area contributed by atoms with Gasteiger partial charge >= 0.3 is 12.1 Å². The standard InChI is InChI=1S/C23H30F3N3O4/c1-15(30)28-11-8-16(9-12-28)5-4-7-19(27-33)18-14-20-17(13-21(18)31)6-2-3-10-29(20)22(32)23(24,25)26/h13-14,16,31,33H,2-12H2,1H3/b27-19+. The van der Waals surface area contributed by atoms with Gasteiger partial charge in [-0.05, 0) is 75.0 Å². The van der Waals surface area contributed by atoms with Gasteiger partial charge in [-0.3, -0.25) is 9.59 Å². The number of amides is 2. The number of aromatic hydroxyl groups is 1. The van der Waals surface area contributed by atoms with Gasteiger partial charge in [0.05, 0.1) is 5.71 Å². The molecule has 2 N–H and O–H groups in total. The van der Waals surface area contributed by atoms with Gasteiger partial charge in [-0.2, -0.15) is 13.2 Å². The summed E-state index contributed by atoms with van der Waals surface area (Å²) in [5.74, 6) is -1.62. The first kappa shape index (κ1) is 24.9. The third-order valence-electron chi connectivity index (χ3n) is 6.57. The number of halogens is 3. The number of benzene rings is 1. The molecule has 7 nitrogen and oxygen atoms in total. The van der Waals surface area contributed by atoms with Gasteiger partial charge in [0.1, 0.15) is 5.75 Å². The number of likely N-dealkylation sites (tertiary alicyclic amines) is 1. The topological polar surface area (TPSA) is 93.4 Å². The lowest BCUT2D eigenvalue weighted by Gasteiger charge is -2.31. The fourth-order valence-corrected chi connectivity index (χ4v) is 4.71. The van der Waals surface area contributed by atoms with Crippen molar-refractivity contribution in [3.8, 4) is 5.75 Å². The number of alkyl halides is 3. The summed E-state index contributed by atoms with van der Waals surface area (Å²) in [6.45, 7) is 2.92. The van der Waals surface area contributed by atoms with E-state index in [-0.39, 0.29) is 35.2 Å². The van der Waals surface area contributed by atoms with Crippen LogP contribution in [0.4, 0.5) is 18.9 Å². The quantitative estimate of drug-likeness (QED) is 0.383. The molecule has 0 saturated carbocycles. The van der Waals surface area contributed by atoms with Crippen molar-refractivity contribution in [2.45, 2.75) is 64.5 Å². The van der Waals surface area contributed by atoms with E-state index in [0.29, 0.717) is 48.5 Å². The highest BCUT2D eigenvalue weighted by Crippen LogP contribution is 2.36. The molecule has 0 atom stereocenters. The molecular weight excluding hydrogens is 439 g/mol. The number of rotatable bonds is 5. The first-order valence-electron chi connectivity index (χ1n) is 11.3. The maximum Gasteiger partial charge on any atom is 0.471 e. The zero-order chi connectivity index (χ0) is 24.2. The van der Waals surface area contributed by atoms with E-state index in [2.05, 4.69) is 5.16 Å². The zero-order valence-corrected chi connectivity index (χ0v) is 18.7. The Morgan fingerprint density at radius 1 is 1.15 bits per heavy atom. The third kappa shape index (κ3) is 5.97. The molecule has 2 aliphatic heterocycles. The zero-order valence-electron chi connectivity index (χ0n) is 18.7. The smallest absolute Gasteiger partial charge is 0.471 e. The van der Waals surface area contributed by atoms with E-state index in [9.17, 15) is 33.1 Å². The fraction of sp³-hybridized carbons (Fsp3) is 0.609. The number of phenolic OH excluding ortho intramolecular Hbond substituents is 1. The minimum Gasteiger partial charge on any atom is -0.507 e. The minimum atomic E-state index is -5.01. The van der Waals surface area contributed by atoms with Crippen molar-refractivity contribution in [1.29, 1.82) is 0 Å². The molecule has 1 aromatic rings. The molecule has 1 aromatic carbocycles. The van der Waals surface area contributed by atoms with Crippen molar-refractivity contribution >= 4 is 23.2 Å². The van der Waals surface area contributed by atoms with Crippen molar-refractivity contribution in [3.63, 3.8) is 0 Å². The lowest BCUT2D eigenvalue weighted by molar-refractivity contribution is -0.170. The van der Waals surface area contributed by atoms with Gasteiger partial charge in [0.25, 0.3) is 0 Å². The number of fused-ring (bicyclic) bond motifs is 1. The van der Waals surface area contributed by atoms with Crippen molar-refractivity contribution < 1.29 is 33.1 Å². The summed E-state index contributed by atoms with van der Waals surface area (Å²) in [6.07, 6.45) is 0.0469. The normalized spacial score (nSPS) is 18.1. The fourth-order valence-electron chi connectivity index (χ4n) is 4.71. The molecule has 2 aliphatic rings. The van der Waals surface area contributed by atoms with Gasteiger partial charge in [0, 0.05) is 37.8 Å². The van der Waals surface area contributed by atoms with Gasteiger partial charge in [-0.15, -0.1) is 0 Å². The first-order valence-corrected chi connectivity index (χ1v) is 11.3. The van der Waals surface area contributed by atoms with Crippen LogP contribution in [-0.4, -0.2) is 58.6 Å². The van der Waals surface area contributed by atoms with Gasteiger partial charge in [-0.25, -0.2) is 0 Å². The maximum atomic E-state index is 13.2. The van der Waals surface area contributed by atoms with E-state index < -0.39 is 12.1 Å². The van der Waals surface area contributed by atoms with Crippen LogP contribution in [0.15, 0.2) is 17.3 Å². The number of piperidine rings is 1. The summed E-state index contributed by atoms with van der Waals surface area (Å²) in [5.41, 5.74) is 0.853. The Hall–Kier alpha value is -2.78. The van der Waals surface area contributed by atoms with E-state index in [1.165, 1.54) is 12.1 Å². The van der Waals surface area contributed by atoms with Crippen LogP contribution in [0.3, 0.4) is 0 Å². The molecule has 1 saturated heterocycles. The second-order valence-corrected chi connectivity index (χ2v) is 8.80. The summed E-state index contributed by atoms with van der Waals surface area (Å²) in [7, 11) is 0. The van der Waals surface area contributed by atoms with E-state index in [4.69, 9.17) is 0 Å². The van der Waals surface area contributed by atoms with Crippen LogP contribution in [0.2, 0.25) is 0 Å². The molecule has 2 heterocycles. The predicted molar refractivity (Wildman–Crippen MR) is 117 cm³/mol. The minimum absolute atomic E-state index is 0.0693. The Kier molecular flexibility index (Phi) is 7.86. The largest absolute Gasteiger partial charge is 0.507 e. The lowest BCUT2D eigenvalue weighted by Crippen LogP contribution is -2.41. The number of phenols is 1. The van der Waals surface area contributed by atoms with Gasteiger partial charge in [-0.1, -0.05) is 5.16 Å². The molecule has 3 rings (SSSR count). The molecule has 2 amide bonds. The third-order valence-corrected chi connectivity index (χ3v) is 6.57. The molecule has 0 aromatic heterocycles. The SMILES string of the molecule is CC(=O)N1CCC(CCC/C(=N\O)c2cc3c(cc2O)CCCCN3C(=O)C(F)(F)F)CC1.